The molecule has 2 N–H and O–H groups in total. The Morgan fingerprint density at radius 3 is 2.90 bits per heavy atom. The molecule has 0 aliphatic rings. The fourth-order valence-corrected chi connectivity index (χ4v) is 2.21. The summed E-state index contributed by atoms with van der Waals surface area (Å²) in [6.45, 7) is 2.71. The second-order valence-corrected chi connectivity index (χ2v) is 4.72. The number of fused-ring (bicyclic) bond motifs is 1. The Bertz CT molecular complexity index is 621. The normalized spacial score (nSPS) is 12.8. The molecule has 6 heteroatoms. The van der Waals surface area contributed by atoms with Crippen molar-refractivity contribution in [3.63, 3.8) is 0 Å². The third-order valence-corrected chi connectivity index (χ3v) is 3.23. The van der Waals surface area contributed by atoms with E-state index in [1.807, 2.05) is 11.5 Å². The number of rotatable bonds is 6. The van der Waals surface area contributed by atoms with E-state index in [-0.39, 0.29) is 12.2 Å². The number of aromatic carboxylic acids is 1. The van der Waals surface area contributed by atoms with Gasteiger partial charge in [-0.3, -0.25) is 0 Å². The summed E-state index contributed by atoms with van der Waals surface area (Å²) >= 11 is 0. The molecule has 1 heterocycles. The van der Waals surface area contributed by atoms with Crippen LogP contribution in [0.1, 0.15) is 22.6 Å². The van der Waals surface area contributed by atoms with Gasteiger partial charge < -0.3 is 19.5 Å². The standard InChI is InChI=1S/C14H18N2O4/c1-9-15-12-4-3-10(14(18)19)7-13(12)16(9)6-5-11(17)8-20-2/h3-4,7,11,17H,5-6,8H2,1-2H3,(H,18,19). The average Bonchev–Trinajstić information content (AvgIpc) is 2.71. The number of carboxylic acids is 1. The molecule has 0 saturated carbocycles. The van der Waals surface area contributed by atoms with Gasteiger partial charge in [-0.15, -0.1) is 0 Å². The number of carbonyl (C=O) groups is 1. The lowest BCUT2D eigenvalue weighted by atomic mass is 10.2. The number of carboxylic acid groups (broad SMARTS) is 1. The molecule has 0 amide bonds. The minimum atomic E-state index is -0.961. The van der Waals surface area contributed by atoms with Gasteiger partial charge in [0.1, 0.15) is 5.82 Å². The lowest BCUT2D eigenvalue weighted by Crippen LogP contribution is -2.17. The molecule has 108 valence electrons. The van der Waals surface area contributed by atoms with E-state index in [0.29, 0.717) is 13.0 Å². The number of imidazole rings is 1. The monoisotopic (exact) mass is 278 g/mol. The van der Waals surface area contributed by atoms with Gasteiger partial charge in [0.15, 0.2) is 0 Å². The van der Waals surface area contributed by atoms with E-state index in [0.717, 1.165) is 16.9 Å². The molecule has 2 aromatic rings. The highest BCUT2D eigenvalue weighted by Crippen LogP contribution is 2.18. The van der Waals surface area contributed by atoms with Crippen molar-refractivity contribution in [2.45, 2.75) is 26.0 Å². The van der Waals surface area contributed by atoms with Crippen LogP contribution in [-0.4, -0.2) is 45.6 Å². The Balaban J connectivity index is 2.29. The van der Waals surface area contributed by atoms with Gasteiger partial charge in [0.2, 0.25) is 0 Å². The Hall–Kier alpha value is -1.92. The minimum Gasteiger partial charge on any atom is -0.478 e. The van der Waals surface area contributed by atoms with E-state index in [1.54, 1.807) is 25.3 Å². The molecular formula is C14H18N2O4. The number of hydrogen-bond acceptors (Lipinski definition) is 4. The Morgan fingerprint density at radius 1 is 1.50 bits per heavy atom. The number of ether oxygens (including phenoxy) is 1. The molecule has 20 heavy (non-hydrogen) atoms. The van der Waals surface area contributed by atoms with E-state index in [9.17, 15) is 9.90 Å². The molecule has 1 aromatic carbocycles. The number of methoxy groups -OCH3 is 1. The van der Waals surface area contributed by atoms with Crippen LogP contribution >= 0.6 is 0 Å². The van der Waals surface area contributed by atoms with Gasteiger partial charge >= 0.3 is 5.97 Å². The molecule has 0 spiro atoms. The molecule has 1 atom stereocenters. The predicted molar refractivity (Wildman–Crippen MR) is 73.9 cm³/mol. The molecule has 0 aliphatic heterocycles. The zero-order chi connectivity index (χ0) is 14.7. The van der Waals surface area contributed by atoms with Crippen molar-refractivity contribution in [3.8, 4) is 0 Å². The summed E-state index contributed by atoms with van der Waals surface area (Å²) in [5.41, 5.74) is 1.76. The minimum absolute atomic E-state index is 0.232. The molecule has 0 saturated heterocycles. The van der Waals surface area contributed by atoms with Crippen LogP contribution in [0.2, 0.25) is 0 Å². The Kier molecular flexibility index (Phi) is 4.36. The second kappa shape index (κ2) is 6.02. The summed E-state index contributed by atoms with van der Waals surface area (Å²) in [6, 6.07) is 4.86. The van der Waals surface area contributed by atoms with Crippen LogP contribution < -0.4 is 0 Å². The van der Waals surface area contributed by atoms with Crippen LogP contribution in [0.3, 0.4) is 0 Å². The number of nitrogens with zero attached hydrogens (tertiary/aromatic N) is 2. The number of aliphatic hydroxyl groups is 1. The molecule has 2 rings (SSSR count). The predicted octanol–water partition coefficient (Wildman–Crippen LogP) is 1.44. The van der Waals surface area contributed by atoms with Crippen LogP contribution in [-0.2, 0) is 11.3 Å². The summed E-state index contributed by atoms with van der Waals surface area (Å²) in [4.78, 5) is 15.4. The average molecular weight is 278 g/mol. The van der Waals surface area contributed by atoms with E-state index >= 15 is 0 Å². The van der Waals surface area contributed by atoms with E-state index < -0.39 is 12.1 Å². The van der Waals surface area contributed by atoms with E-state index in [2.05, 4.69) is 4.98 Å². The molecule has 1 aromatic heterocycles. The summed E-state index contributed by atoms with van der Waals surface area (Å²) in [5, 5.41) is 18.7. The molecule has 0 radical (unpaired) electrons. The highest BCUT2D eigenvalue weighted by atomic mass is 16.5. The van der Waals surface area contributed by atoms with E-state index in [4.69, 9.17) is 9.84 Å². The zero-order valence-electron chi connectivity index (χ0n) is 11.5. The largest absolute Gasteiger partial charge is 0.478 e. The first-order chi connectivity index (χ1) is 9.52. The Morgan fingerprint density at radius 2 is 2.25 bits per heavy atom. The van der Waals surface area contributed by atoms with Crippen molar-refractivity contribution in [3.05, 3.63) is 29.6 Å². The van der Waals surface area contributed by atoms with Gasteiger partial charge in [-0.2, -0.15) is 0 Å². The number of aryl methyl sites for hydroxylation is 2. The molecule has 0 bridgehead atoms. The maximum atomic E-state index is 11.0. The lowest BCUT2D eigenvalue weighted by molar-refractivity contribution is 0.0566. The molecule has 1 unspecified atom stereocenters. The van der Waals surface area contributed by atoms with E-state index in [1.165, 1.54) is 0 Å². The smallest absolute Gasteiger partial charge is 0.335 e. The van der Waals surface area contributed by atoms with Gasteiger partial charge in [0.25, 0.3) is 0 Å². The van der Waals surface area contributed by atoms with Crippen molar-refractivity contribution in [2.75, 3.05) is 13.7 Å². The quantitative estimate of drug-likeness (QED) is 0.835. The maximum absolute atomic E-state index is 11.0. The summed E-state index contributed by atoms with van der Waals surface area (Å²) in [5.74, 6) is -0.163. The second-order valence-electron chi connectivity index (χ2n) is 4.72. The van der Waals surface area contributed by atoms with Gasteiger partial charge in [0, 0.05) is 13.7 Å². The van der Waals surface area contributed by atoms with Crippen LogP contribution in [0, 0.1) is 6.92 Å². The number of aliphatic hydroxyl groups excluding tert-OH is 1. The maximum Gasteiger partial charge on any atom is 0.335 e. The highest BCUT2D eigenvalue weighted by Gasteiger charge is 2.12. The van der Waals surface area contributed by atoms with Gasteiger partial charge in [-0.25, -0.2) is 9.78 Å². The van der Waals surface area contributed by atoms with Gasteiger partial charge in [-0.1, -0.05) is 0 Å². The molecule has 0 fully saturated rings. The van der Waals surface area contributed by atoms with Gasteiger partial charge in [-0.05, 0) is 31.5 Å². The third-order valence-electron chi connectivity index (χ3n) is 3.23. The molecule has 6 nitrogen and oxygen atoms in total. The topological polar surface area (TPSA) is 84.6 Å². The fraction of sp³-hybridized carbons (Fsp3) is 0.429. The molecule has 0 aliphatic carbocycles. The van der Waals surface area contributed by atoms with Crippen molar-refractivity contribution in [1.82, 2.24) is 9.55 Å². The number of aromatic nitrogens is 2. The lowest BCUT2D eigenvalue weighted by Gasteiger charge is -2.11. The van der Waals surface area contributed by atoms with Crippen LogP contribution in [0.25, 0.3) is 11.0 Å². The van der Waals surface area contributed by atoms with Crippen molar-refractivity contribution in [1.29, 1.82) is 0 Å². The number of benzene rings is 1. The highest BCUT2D eigenvalue weighted by molar-refractivity contribution is 5.92. The fourth-order valence-electron chi connectivity index (χ4n) is 2.21. The van der Waals surface area contributed by atoms with Crippen molar-refractivity contribution < 1.29 is 19.7 Å². The van der Waals surface area contributed by atoms with Crippen molar-refractivity contribution in [2.24, 2.45) is 0 Å². The first-order valence-electron chi connectivity index (χ1n) is 6.40. The van der Waals surface area contributed by atoms with Gasteiger partial charge in [0.05, 0.1) is 29.3 Å². The summed E-state index contributed by atoms with van der Waals surface area (Å²) in [7, 11) is 1.54. The molecular weight excluding hydrogens is 260 g/mol. The van der Waals surface area contributed by atoms with Crippen molar-refractivity contribution >= 4 is 17.0 Å². The summed E-state index contributed by atoms with van der Waals surface area (Å²) < 4.78 is 6.81. The zero-order valence-corrected chi connectivity index (χ0v) is 11.5. The summed E-state index contributed by atoms with van der Waals surface area (Å²) in [6.07, 6.45) is -0.0169. The van der Waals surface area contributed by atoms with Crippen LogP contribution in [0.4, 0.5) is 0 Å². The third kappa shape index (κ3) is 2.97. The Labute approximate surface area is 116 Å². The first-order valence-corrected chi connectivity index (χ1v) is 6.40. The number of hydrogen-bond donors (Lipinski definition) is 2. The van der Waals surface area contributed by atoms with Crippen LogP contribution in [0.5, 0.6) is 0 Å². The van der Waals surface area contributed by atoms with Crippen LogP contribution in [0.15, 0.2) is 18.2 Å². The SMILES string of the molecule is COCC(O)CCn1c(C)nc2ccc(C(=O)O)cc21. The first kappa shape index (κ1) is 14.5.